The highest BCUT2D eigenvalue weighted by atomic mass is 19.1. The summed E-state index contributed by atoms with van der Waals surface area (Å²) in [4.78, 5) is 17.8. The lowest BCUT2D eigenvalue weighted by atomic mass is 9.98. The van der Waals surface area contributed by atoms with Gasteiger partial charge in [-0.25, -0.2) is 9.37 Å². The average Bonchev–Trinajstić information content (AvgIpc) is 3.02. The highest BCUT2D eigenvalue weighted by Gasteiger charge is 2.20. The van der Waals surface area contributed by atoms with Crippen LogP contribution >= 0.6 is 0 Å². The van der Waals surface area contributed by atoms with Crippen molar-refractivity contribution in [3.8, 4) is 11.1 Å². The van der Waals surface area contributed by atoms with Crippen molar-refractivity contribution in [3.05, 3.63) is 53.5 Å². The van der Waals surface area contributed by atoms with Gasteiger partial charge in [0, 0.05) is 24.8 Å². The van der Waals surface area contributed by atoms with Crippen LogP contribution in [0.15, 0.2) is 30.6 Å². The van der Waals surface area contributed by atoms with E-state index in [2.05, 4.69) is 9.88 Å². The first-order chi connectivity index (χ1) is 13.0. The average molecular weight is 372 g/mol. The molecule has 0 spiro atoms. The summed E-state index contributed by atoms with van der Waals surface area (Å²) in [6, 6.07) is 4.54. The van der Waals surface area contributed by atoms with E-state index in [4.69, 9.17) is 10.5 Å². The van der Waals surface area contributed by atoms with Gasteiger partial charge in [0.15, 0.2) is 5.65 Å². The van der Waals surface area contributed by atoms with E-state index in [0.717, 1.165) is 11.9 Å². The van der Waals surface area contributed by atoms with E-state index in [1.807, 2.05) is 6.07 Å². The number of hydrogen-bond donors (Lipinski definition) is 1. The van der Waals surface area contributed by atoms with Gasteiger partial charge in [0.05, 0.1) is 30.7 Å². The molecule has 27 heavy (non-hydrogen) atoms. The van der Waals surface area contributed by atoms with Crippen LogP contribution in [0.3, 0.4) is 0 Å². The first kappa shape index (κ1) is 17.4. The molecule has 1 aliphatic rings. The largest absolute Gasteiger partial charge is 0.378 e. The van der Waals surface area contributed by atoms with Gasteiger partial charge >= 0.3 is 0 Å². The van der Waals surface area contributed by atoms with Crippen LogP contribution in [0, 0.1) is 18.7 Å². The number of hydrogen-bond acceptors (Lipinski definition) is 4. The fourth-order valence-electron chi connectivity index (χ4n) is 3.40. The third-order valence-corrected chi connectivity index (χ3v) is 4.78. The van der Waals surface area contributed by atoms with Gasteiger partial charge in [0.1, 0.15) is 5.82 Å². The van der Waals surface area contributed by atoms with Crippen molar-refractivity contribution in [2.45, 2.75) is 6.92 Å². The molecule has 0 saturated carbocycles. The van der Waals surface area contributed by atoms with E-state index in [0.29, 0.717) is 48.6 Å². The third-order valence-electron chi connectivity index (χ3n) is 4.78. The molecule has 0 bridgehead atoms. The van der Waals surface area contributed by atoms with E-state index < -0.39 is 17.7 Å². The molecule has 3 heterocycles. The molecule has 6 nitrogen and oxygen atoms in total. The molecule has 8 heteroatoms. The zero-order valence-corrected chi connectivity index (χ0v) is 14.7. The number of halogens is 2. The molecule has 2 aromatic heterocycles. The predicted molar refractivity (Wildman–Crippen MR) is 96.8 cm³/mol. The number of pyridine rings is 1. The number of primary amides is 1. The van der Waals surface area contributed by atoms with Gasteiger partial charge in [-0.3, -0.25) is 9.20 Å². The second-order valence-corrected chi connectivity index (χ2v) is 6.50. The highest BCUT2D eigenvalue weighted by Crippen LogP contribution is 2.32. The normalized spacial score (nSPS) is 14.7. The van der Waals surface area contributed by atoms with Gasteiger partial charge in [-0.05, 0) is 36.2 Å². The summed E-state index contributed by atoms with van der Waals surface area (Å²) in [5.74, 6) is -2.03. The van der Waals surface area contributed by atoms with Gasteiger partial charge < -0.3 is 15.4 Å². The van der Waals surface area contributed by atoms with Crippen molar-refractivity contribution in [2.24, 2.45) is 5.73 Å². The first-order valence-corrected chi connectivity index (χ1v) is 8.55. The standard InChI is InChI=1S/C19H18F2N4O2/c1-11-6-15(20)14(18(22)26)8-13(11)12-7-16(24-2-4-27-5-3-24)19-23-9-17(21)25(19)10-12/h6-10H,2-5H2,1H3,(H2,22,26). The number of nitrogens with two attached hydrogens (primary N) is 1. The Morgan fingerprint density at radius 3 is 2.67 bits per heavy atom. The second-order valence-electron chi connectivity index (χ2n) is 6.50. The van der Waals surface area contributed by atoms with Gasteiger partial charge in [0.2, 0.25) is 5.95 Å². The number of morpholine rings is 1. The van der Waals surface area contributed by atoms with Crippen LogP contribution in [0.4, 0.5) is 14.5 Å². The van der Waals surface area contributed by atoms with Crippen LogP contribution in [0.2, 0.25) is 0 Å². The molecule has 4 rings (SSSR count). The Morgan fingerprint density at radius 1 is 1.22 bits per heavy atom. The molecule has 1 saturated heterocycles. The van der Waals surface area contributed by atoms with Gasteiger partial charge in [0.25, 0.3) is 5.91 Å². The Bertz CT molecular complexity index is 1040. The number of benzene rings is 1. The number of ether oxygens (including phenoxy) is 1. The monoisotopic (exact) mass is 372 g/mol. The van der Waals surface area contributed by atoms with E-state index >= 15 is 0 Å². The second kappa shape index (κ2) is 6.62. The lowest BCUT2D eigenvalue weighted by Crippen LogP contribution is -2.36. The quantitative estimate of drug-likeness (QED) is 0.767. The lowest BCUT2D eigenvalue weighted by Gasteiger charge is -2.29. The predicted octanol–water partition coefficient (Wildman–Crippen LogP) is 2.52. The minimum atomic E-state index is -0.850. The number of amides is 1. The number of rotatable bonds is 3. The molecule has 0 radical (unpaired) electrons. The summed E-state index contributed by atoms with van der Waals surface area (Å²) in [6.45, 7) is 4.18. The molecule has 1 aromatic carbocycles. The molecular weight excluding hydrogens is 354 g/mol. The fourth-order valence-corrected chi connectivity index (χ4v) is 3.40. The summed E-state index contributed by atoms with van der Waals surface area (Å²) in [5, 5.41) is 0. The molecule has 1 fully saturated rings. The number of nitrogens with zero attached hydrogens (tertiary/aromatic N) is 3. The number of fused-ring (bicyclic) bond motifs is 1. The maximum atomic E-state index is 14.3. The Kier molecular flexibility index (Phi) is 4.27. The highest BCUT2D eigenvalue weighted by molar-refractivity contribution is 5.95. The first-order valence-electron chi connectivity index (χ1n) is 8.55. The van der Waals surface area contributed by atoms with Crippen LogP contribution in [-0.2, 0) is 4.74 Å². The van der Waals surface area contributed by atoms with Crippen LogP contribution < -0.4 is 10.6 Å². The Hall–Kier alpha value is -3.00. The molecule has 1 aliphatic heterocycles. The topological polar surface area (TPSA) is 72.9 Å². The molecule has 1 amide bonds. The molecule has 2 N–H and O–H groups in total. The Morgan fingerprint density at radius 2 is 1.96 bits per heavy atom. The number of aryl methyl sites for hydroxylation is 1. The van der Waals surface area contributed by atoms with Crippen molar-refractivity contribution < 1.29 is 18.3 Å². The minimum absolute atomic E-state index is 0.199. The van der Waals surface area contributed by atoms with Crippen LogP contribution in [-0.4, -0.2) is 41.6 Å². The Labute approximate surface area is 154 Å². The van der Waals surface area contributed by atoms with E-state index in [9.17, 15) is 13.6 Å². The van der Waals surface area contributed by atoms with Crippen LogP contribution in [0.5, 0.6) is 0 Å². The summed E-state index contributed by atoms with van der Waals surface area (Å²) in [5.41, 5.74) is 8.19. The maximum Gasteiger partial charge on any atom is 0.251 e. The molecule has 0 aliphatic carbocycles. The van der Waals surface area contributed by atoms with Gasteiger partial charge in [-0.15, -0.1) is 0 Å². The fraction of sp³-hybridized carbons (Fsp3) is 0.263. The van der Waals surface area contributed by atoms with Crippen molar-refractivity contribution in [1.82, 2.24) is 9.38 Å². The van der Waals surface area contributed by atoms with E-state index in [1.165, 1.54) is 16.5 Å². The number of aromatic nitrogens is 2. The zero-order valence-electron chi connectivity index (χ0n) is 14.7. The van der Waals surface area contributed by atoms with Crippen molar-refractivity contribution in [1.29, 1.82) is 0 Å². The summed E-state index contributed by atoms with van der Waals surface area (Å²) in [7, 11) is 0. The van der Waals surface area contributed by atoms with Gasteiger partial charge in [-0.1, -0.05) is 0 Å². The molecular formula is C19H18F2N4O2. The zero-order chi connectivity index (χ0) is 19.1. The van der Waals surface area contributed by atoms with Crippen molar-refractivity contribution >= 4 is 17.2 Å². The van der Waals surface area contributed by atoms with E-state index in [1.54, 1.807) is 13.1 Å². The maximum absolute atomic E-state index is 14.3. The Balaban J connectivity index is 1.93. The van der Waals surface area contributed by atoms with Crippen molar-refractivity contribution in [2.75, 3.05) is 31.2 Å². The molecule has 3 aromatic rings. The minimum Gasteiger partial charge on any atom is -0.378 e. The van der Waals surface area contributed by atoms with E-state index in [-0.39, 0.29) is 5.56 Å². The molecule has 0 unspecified atom stereocenters. The molecule has 140 valence electrons. The summed E-state index contributed by atoms with van der Waals surface area (Å²) >= 11 is 0. The third kappa shape index (κ3) is 3.02. The smallest absolute Gasteiger partial charge is 0.251 e. The SMILES string of the molecule is Cc1cc(F)c(C(N)=O)cc1-c1cc(N2CCOCC2)c2ncc(F)n2c1. The lowest BCUT2D eigenvalue weighted by molar-refractivity contribution is 0.0996. The summed E-state index contributed by atoms with van der Waals surface area (Å²) in [6.07, 6.45) is 2.75. The number of carbonyl (C=O) groups excluding carboxylic acids is 1. The molecule has 0 atom stereocenters. The number of imidazole rings is 1. The van der Waals surface area contributed by atoms with Crippen molar-refractivity contribution in [3.63, 3.8) is 0 Å². The van der Waals surface area contributed by atoms with Crippen LogP contribution in [0.25, 0.3) is 16.8 Å². The summed E-state index contributed by atoms with van der Waals surface area (Å²) < 4.78 is 35.1. The number of anilines is 1. The number of carbonyl (C=O) groups is 1. The van der Waals surface area contributed by atoms with Gasteiger partial charge in [-0.2, -0.15) is 4.39 Å². The van der Waals surface area contributed by atoms with Crippen LogP contribution in [0.1, 0.15) is 15.9 Å².